The number of pyridine rings is 1. The van der Waals surface area contributed by atoms with Crippen molar-refractivity contribution in [1.82, 2.24) is 15.6 Å². The minimum atomic E-state index is -0.0552. The van der Waals surface area contributed by atoms with Crippen molar-refractivity contribution in [3.8, 4) is 16.9 Å². The molecule has 148 valence electrons. The largest absolute Gasteiger partial charge is 0.490 e. The molecule has 3 heterocycles. The molecule has 5 nitrogen and oxygen atoms in total. The molecule has 1 fully saturated rings. The lowest BCUT2D eigenvalue weighted by atomic mass is 9.95. The van der Waals surface area contributed by atoms with Crippen molar-refractivity contribution in [3.05, 3.63) is 59.8 Å². The quantitative estimate of drug-likeness (QED) is 0.720. The van der Waals surface area contributed by atoms with Crippen LogP contribution in [0.1, 0.15) is 24.5 Å². The van der Waals surface area contributed by atoms with E-state index in [1.54, 1.807) is 0 Å². The van der Waals surface area contributed by atoms with Gasteiger partial charge in [0, 0.05) is 37.0 Å². The van der Waals surface area contributed by atoms with Gasteiger partial charge in [-0.25, -0.2) is 0 Å². The Morgan fingerprint density at radius 3 is 2.93 bits per heavy atom. The minimum absolute atomic E-state index is 0.0552. The summed E-state index contributed by atoms with van der Waals surface area (Å²) >= 11 is 0. The van der Waals surface area contributed by atoms with Gasteiger partial charge in [-0.05, 0) is 72.5 Å². The van der Waals surface area contributed by atoms with Crippen LogP contribution in [0.25, 0.3) is 22.0 Å². The molecule has 1 aromatic heterocycles. The van der Waals surface area contributed by atoms with Crippen LogP contribution in [0.4, 0.5) is 0 Å². The van der Waals surface area contributed by atoms with E-state index in [0.29, 0.717) is 13.0 Å². The lowest BCUT2D eigenvalue weighted by Crippen LogP contribution is -2.25. The van der Waals surface area contributed by atoms with Crippen LogP contribution in [0.15, 0.2) is 48.7 Å². The standard InChI is InChI=1S/C24H25N3O2/c1-15(19-12-24(28)27-14-19)29-23-11-18(10-22-21(23)3-2-7-26-22)17-5-4-16-6-8-25-13-20(16)9-17/h2-5,7,9-11,15,19,25H,6,8,12-14H2,1H3,(H,27,28)/t15-,19-/m1/s1. The lowest BCUT2D eigenvalue weighted by Gasteiger charge is -2.22. The lowest BCUT2D eigenvalue weighted by molar-refractivity contribution is -0.119. The zero-order valence-electron chi connectivity index (χ0n) is 16.6. The second-order valence-electron chi connectivity index (χ2n) is 8.05. The van der Waals surface area contributed by atoms with Crippen LogP contribution in [-0.4, -0.2) is 30.1 Å². The molecule has 0 bridgehead atoms. The zero-order valence-corrected chi connectivity index (χ0v) is 16.6. The van der Waals surface area contributed by atoms with Crippen LogP contribution in [-0.2, 0) is 17.8 Å². The molecule has 5 heteroatoms. The highest BCUT2D eigenvalue weighted by molar-refractivity contribution is 5.90. The maximum absolute atomic E-state index is 11.6. The van der Waals surface area contributed by atoms with E-state index in [4.69, 9.17) is 4.74 Å². The average molecular weight is 387 g/mol. The van der Waals surface area contributed by atoms with Crippen molar-refractivity contribution in [2.45, 2.75) is 32.4 Å². The Morgan fingerprint density at radius 1 is 1.14 bits per heavy atom. The predicted octanol–water partition coefficient (Wildman–Crippen LogP) is 3.45. The Bertz CT molecular complexity index is 1080. The van der Waals surface area contributed by atoms with Crippen LogP contribution in [0, 0.1) is 5.92 Å². The number of carbonyl (C=O) groups excluding carboxylic acids is 1. The van der Waals surface area contributed by atoms with Crippen molar-refractivity contribution < 1.29 is 9.53 Å². The monoisotopic (exact) mass is 387 g/mol. The molecule has 0 saturated carbocycles. The summed E-state index contributed by atoms with van der Waals surface area (Å²) in [5, 5.41) is 7.35. The summed E-state index contributed by atoms with van der Waals surface area (Å²) in [5.41, 5.74) is 5.99. The fraction of sp³-hybridized carbons (Fsp3) is 0.333. The molecule has 2 N–H and O–H groups in total. The number of benzene rings is 2. The van der Waals surface area contributed by atoms with Crippen LogP contribution >= 0.6 is 0 Å². The maximum atomic E-state index is 11.6. The molecule has 5 rings (SSSR count). The van der Waals surface area contributed by atoms with Crippen molar-refractivity contribution in [2.75, 3.05) is 13.1 Å². The van der Waals surface area contributed by atoms with E-state index in [2.05, 4.69) is 45.9 Å². The first kappa shape index (κ1) is 18.1. The molecule has 0 radical (unpaired) electrons. The number of rotatable bonds is 4. The third-order valence-corrected chi connectivity index (χ3v) is 6.09. The third kappa shape index (κ3) is 3.58. The van der Waals surface area contributed by atoms with E-state index in [1.165, 1.54) is 16.7 Å². The fourth-order valence-corrected chi connectivity index (χ4v) is 4.33. The molecule has 1 amide bonds. The molecule has 2 aliphatic rings. The molecule has 0 unspecified atom stereocenters. The second kappa shape index (κ2) is 7.48. The molecule has 3 aromatic rings. The molecule has 29 heavy (non-hydrogen) atoms. The number of carbonyl (C=O) groups is 1. The first-order valence-electron chi connectivity index (χ1n) is 10.3. The van der Waals surface area contributed by atoms with Crippen molar-refractivity contribution in [3.63, 3.8) is 0 Å². The number of hydrogen-bond acceptors (Lipinski definition) is 4. The van der Waals surface area contributed by atoms with E-state index in [0.717, 1.165) is 41.7 Å². The summed E-state index contributed by atoms with van der Waals surface area (Å²) < 4.78 is 6.39. The van der Waals surface area contributed by atoms with Gasteiger partial charge >= 0.3 is 0 Å². The molecule has 2 aromatic carbocycles. The van der Waals surface area contributed by atoms with Gasteiger partial charge in [0.1, 0.15) is 11.9 Å². The van der Waals surface area contributed by atoms with E-state index < -0.39 is 0 Å². The highest BCUT2D eigenvalue weighted by atomic mass is 16.5. The number of hydrogen-bond donors (Lipinski definition) is 2. The first-order chi connectivity index (χ1) is 14.2. The smallest absolute Gasteiger partial charge is 0.220 e. The van der Waals surface area contributed by atoms with E-state index in [-0.39, 0.29) is 17.9 Å². The number of amides is 1. The Hall–Kier alpha value is -2.92. The number of nitrogens with zero attached hydrogens (tertiary/aromatic N) is 1. The summed E-state index contributed by atoms with van der Waals surface area (Å²) in [6, 6.07) is 14.9. The van der Waals surface area contributed by atoms with Gasteiger partial charge in [0.15, 0.2) is 0 Å². The normalized spacial score (nSPS) is 19.6. The molecule has 2 aliphatic heterocycles. The number of nitrogens with one attached hydrogen (secondary N) is 2. The van der Waals surface area contributed by atoms with Crippen molar-refractivity contribution >= 4 is 16.8 Å². The second-order valence-corrected chi connectivity index (χ2v) is 8.05. The highest BCUT2D eigenvalue weighted by Gasteiger charge is 2.28. The minimum Gasteiger partial charge on any atom is -0.490 e. The summed E-state index contributed by atoms with van der Waals surface area (Å²) in [6.45, 7) is 4.68. The van der Waals surface area contributed by atoms with Gasteiger partial charge in [-0.3, -0.25) is 9.78 Å². The van der Waals surface area contributed by atoms with Crippen LogP contribution in [0.2, 0.25) is 0 Å². The molecule has 2 atom stereocenters. The van der Waals surface area contributed by atoms with Gasteiger partial charge < -0.3 is 15.4 Å². The molecular formula is C24H25N3O2. The van der Waals surface area contributed by atoms with Gasteiger partial charge in [0.05, 0.1) is 5.52 Å². The Kier molecular flexibility index (Phi) is 4.68. The van der Waals surface area contributed by atoms with Crippen LogP contribution < -0.4 is 15.4 Å². The van der Waals surface area contributed by atoms with Crippen LogP contribution in [0.3, 0.4) is 0 Å². The highest BCUT2D eigenvalue weighted by Crippen LogP contribution is 2.34. The maximum Gasteiger partial charge on any atom is 0.220 e. The summed E-state index contributed by atoms with van der Waals surface area (Å²) in [5.74, 6) is 1.12. The van der Waals surface area contributed by atoms with E-state index in [1.807, 2.05) is 25.3 Å². The van der Waals surface area contributed by atoms with Gasteiger partial charge in [0.25, 0.3) is 0 Å². The van der Waals surface area contributed by atoms with Crippen molar-refractivity contribution in [1.29, 1.82) is 0 Å². The predicted molar refractivity (Wildman–Crippen MR) is 114 cm³/mol. The number of ether oxygens (including phenoxy) is 1. The Morgan fingerprint density at radius 2 is 2.07 bits per heavy atom. The number of aromatic nitrogens is 1. The average Bonchev–Trinajstić information content (AvgIpc) is 3.20. The molecular weight excluding hydrogens is 362 g/mol. The van der Waals surface area contributed by atoms with E-state index >= 15 is 0 Å². The third-order valence-electron chi connectivity index (χ3n) is 6.09. The van der Waals surface area contributed by atoms with Crippen molar-refractivity contribution in [2.24, 2.45) is 5.92 Å². The SMILES string of the molecule is C[C@@H](Oc1cc(-c2ccc3c(c2)CNCC3)cc2ncccc12)[C@H]1CNC(=O)C1. The van der Waals surface area contributed by atoms with E-state index in [9.17, 15) is 4.79 Å². The Labute approximate surface area is 170 Å². The van der Waals surface area contributed by atoms with Gasteiger partial charge in [-0.1, -0.05) is 12.1 Å². The zero-order chi connectivity index (χ0) is 19.8. The summed E-state index contributed by atoms with van der Waals surface area (Å²) in [6.07, 6.45) is 3.36. The molecule has 0 aliphatic carbocycles. The fourth-order valence-electron chi connectivity index (χ4n) is 4.33. The van der Waals surface area contributed by atoms with Gasteiger partial charge in [-0.2, -0.15) is 0 Å². The van der Waals surface area contributed by atoms with Gasteiger partial charge in [0.2, 0.25) is 5.91 Å². The first-order valence-corrected chi connectivity index (χ1v) is 10.3. The van der Waals surface area contributed by atoms with Crippen LogP contribution in [0.5, 0.6) is 5.75 Å². The summed E-state index contributed by atoms with van der Waals surface area (Å²) in [4.78, 5) is 16.2. The van der Waals surface area contributed by atoms with Gasteiger partial charge in [-0.15, -0.1) is 0 Å². The topological polar surface area (TPSA) is 63.2 Å². The molecule has 1 saturated heterocycles. The molecule has 0 spiro atoms. The number of fused-ring (bicyclic) bond motifs is 2. The Balaban J connectivity index is 1.53. The summed E-state index contributed by atoms with van der Waals surface area (Å²) in [7, 11) is 0.